The Labute approximate surface area is 164 Å². The molecule has 2 N–H and O–H groups in total. The number of aromatic nitrogens is 1. The molecule has 1 heterocycles. The highest BCUT2D eigenvalue weighted by Crippen LogP contribution is 2.27. The van der Waals surface area contributed by atoms with E-state index in [0.717, 1.165) is 24.1 Å². The van der Waals surface area contributed by atoms with E-state index in [1.165, 1.54) is 36.2 Å². The van der Waals surface area contributed by atoms with E-state index in [1.54, 1.807) is 6.92 Å². The molecule has 1 unspecified atom stereocenters. The van der Waals surface area contributed by atoms with Gasteiger partial charge in [0.25, 0.3) is 0 Å². The zero-order valence-corrected chi connectivity index (χ0v) is 16.8. The lowest BCUT2D eigenvalue weighted by molar-refractivity contribution is -0.126. The third kappa shape index (κ3) is 5.63. The number of carbonyl (C=O) groups excluding carboxylic acids is 2. The van der Waals surface area contributed by atoms with Gasteiger partial charge in [-0.15, -0.1) is 11.3 Å². The predicted molar refractivity (Wildman–Crippen MR) is 110 cm³/mol. The van der Waals surface area contributed by atoms with E-state index in [1.807, 2.05) is 30.5 Å². The second kappa shape index (κ2) is 9.13. The van der Waals surface area contributed by atoms with Gasteiger partial charge < -0.3 is 10.6 Å². The van der Waals surface area contributed by atoms with Gasteiger partial charge in [0.2, 0.25) is 11.8 Å². The van der Waals surface area contributed by atoms with Crippen molar-refractivity contribution in [1.29, 1.82) is 0 Å². The normalized spacial score (nSPS) is 15.9. The molecule has 144 valence electrons. The van der Waals surface area contributed by atoms with E-state index in [2.05, 4.69) is 21.7 Å². The van der Waals surface area contributed by atoms with Gasteiger partial charge >= 0.3 is 0 Å². The highest BCUT2D eigenvalue weighted by molar-refractivity contribution is 7.14. The van der Waals surface area contributed by atoms with Crippen molar-refractivity contribution in [2.24, 2.45) is 5.92 Å². The summed E-state index contributed by atoms with van der Waals surface area (Å²) in [5, 5.41) is 8.10. The Morgan fingerprint density at radius 2 is 2.04 bits per heavy atom. The lowest BCUT2D eigenvalue weighted by atomic mass is 9.87. The largest absolute Gasteiger partial charge is 0.345 e. The molecule has 1 fully saturated rings. The number of carbonyl (C=O) groups is 2. The molecule has 2 amide bonds. The van der Waals surface area contributed by atoms with Crippen molar-refractivity contribution in [2.45, 2.75) is 58.4 Å². The first-order valence-electron chi connectivity index (χ1n) is 9.64. The molecule has 1 atom stereocenters. The number of nitrogens with one attached hydrogen (secondary N) is 2. The van der Waals surface area contributed by atoms with Gasteiger partial charge in [-0.3, -0.25) is 9.59 Å². The third-order valence-corrected chi connectivity index (χ3v) is 5.78. The topological polar surface area (TPSA) is 71.1 Å². The average Bonchev–Trinajstić information content (AvgIpc) is 3.11. The summed E-state index contributed by atoms with van der Waals surface area (Å²) in [6.07, 6.45) is 6.45. The molecule has 2 aromatic rings. The molecule has 1 saturated carbocycles. The summed E-state index contributed by atoms with van der Waals surface area (Å²) in [7, 11) is 0. The van der Waals surface area contributed by atoms with E-state index < -0.39 is 6.04 Å². The van der Waals surface area contributed by atoms with Crippen LogP contribution in [-0.4, -0.2) is 22.8 Å². The van der Waals surface area contributed by atoms with Crippen molar-refractivity contribution in [2.75, 3.05) is 5.32 Å². The quantitative estimate of drug-likeness (QED) is 0.767. The molecule has 0 bridgehead atoms. The zero-order chi connectivity index (χ0) is 19.2. The smallest absolute Gasteiger partial charge is 0.248 e. The second-order valence-corrected chi connectivity index (χ2v) is 8.25. The molecule has 6 heteroatoms. The minimum atomic E-state index is -0.576. The number of thiazole rings is 1. The number of hydrogen-bond donors (Lipinski definition) is 2. The summed E-state index contributed by atoms with van der Waals surface area (Å²) < 4.78 is 0. The summed E-state index contributed by atoms with van der Waals surface area (Å²) >= 11 is 1.39. The molecule has 5 nitrogen and oxygen atoms in total. The lowest BCUT2D eigenvalue weighted by Gasteiger charge is -2.21. The Morgan fingerprint density at radius 1 is 1.26 bits per heavy atom. The Hall–Kier alpha value is -2.21. The van der Waals surface area contributed by atoms with Gasteiger partial charge in [0.15, 0.2) is 5.13 Å². The van der Waals surface area contributed by atoms with Gasteiger partial charge in [0.1, 0.15) is 6.04 Å². The molecule has 1 aliphatic carbocycles. The van der Waals surface area contributed by atoms with E-state index in [0.29, 0.717) is 17.5 Å². The Kier molecular flexibility index (Phi) is 6.61. The fraction of sp³-hybridized carbons (Fsp3) is 0.476. The maximum Gasteiger partial charge on any atom is 0.248 e. The van der Waals surface area contributed by atoms with Crippen LogP contribution in [0, 0.1) is 12.8 Å². The van der Waals surface area contributed by atoms with Crippen LogP contribution in [0.2, 0.25) is 0 Å². The molecular formula is C21H27N3O2S. The van der Waals surface area contributed by atoms with Gasteiger partial charge in [0.05, 0.1) is 5.69 Å². The summed E-state index contributed by atoms with van der Waals surface area (Å²) in [6.45, 7) is 3.75. The van der Waals surface area contributed by atoms with Crippen LogP contribution in [0.1, 0.15) is 51.0 Å². The van der Waals surface area contributed by atoms with Gasteiger partial charge in [-0.25, -0.2) is 4.98 Å². The molecule has 0 saturated heterocycles. The van der Waals surface area contributed by atoms with Crippen molar-refractivity contribution < 1.29 is 9.59 Å². The standard InChI is InChI=1S/C21H27N3O2S/c1-14-7-6-10-17(11-14)18-13-27-21(23-18)24-20(26)15(2)22-19(25)12-16-8-4-3-5-9-16/h6-7,10-11,13,15-16H,3-5,8-9,12H2,1-2H3,(H,22,25)(H,23,24,26). The van der Waals surface area contributed by atoms with Crippen LogP contribution >= 0.6 is 11.3 Å². The van der Waals surface area contributed by atoms with Crippen LogP contribution in [-0.2, 0) is 9.59 Å². The first-order chi connectivity index (χ1) is 13.0. The molecule has 27 heavy (non-hydrogen) atoms. The first kappa shape index (κ1) is 19.5. The molecule has 1 aromatic heterocycles. The summed E-state index contributed by atoms with van der Waals surface area (Å²) in [6, 6.07) is 7.52. The number of amides is 2. The summed E-state index contributed by atoms with van der Waals surface area (Å²) in [4.78, 5) is 29.1. The fourth-order valence-electron chi connectivity index (χ4n) is 3.50. The third-order valence-electron chi connectivity index (χ3n) is 5.02. The highest BCUT2D eigenvalue weighted by atomic mass is 32.1. The summed E-state index contributed by atoms with van der Waals surface area (Å²) in [5.41, 5.74) is 3.04. The molecule has 0 radical (unpaired) electrons. The fourth-order valence-corrected chi connectivity index (χ4v) is 4.22. The Bertz CT molecular complexity index is 796. The molecule has 1 aliphatic rings. The minimum absolute atomic E-state index is 0.0378. The van der Waals surface area contributed by atoms with Gasteiger partial charge in [0, 0.05) is 17.4 Å². The Morgan fingerprint density at radius 3 is 2.78 bits per heavy atom. The van der Waals surface area contributed by atoms with E-state index >= 15 is 0 Å². The number of hydrogen-bond acceptors (Lipinski definition) is 4. The van der Waals surface area contributed by atoms with Crippen LogP contribution in [0.15, 0.2) is 29.6 Å². The van der Waals surface area contributed by atoms with E-state index in [-0.39, 0.29) is 11.8 Å². The van der Waals surface area contributed by atoms with Crippen LogP contribution in [0.3, 0.4) is 0 Å². The average molecular weight is 386 g/mol. The predicted octanol–water partition coefficient (Wildman–Crippen LogP) is 4.53. The lowest BCUT2D eigenvalue weighted by Crippen LogP contribution is -2.42. The SMILES string of the molecule is Cc1cccc(-c2csc(NC(=O)C(C)NC(=O)CC3CCCCC3)n2)c1. The van der Waals surface area contributed by atoms with Gasteiger partial charge in [-0.05, 0) is 38.7 Å². The second-order valence-electron chi connectivity index (χ2n) is 7.39. The van der Waals surface area contributed by atoms with Crippen molar-refractivity contribution in [3.8, 4) is 11.3 Å². The van der Waals surface area contributed by atoms with Crippen LogP contribution in [0.4, 0.5) is 5.13 Å². The van der Waals surface area contributed by atoms with E-state index in [4.69, 9.17) is 0 Å². The van der Waals surface area contributed by atoms with Crippen molar-refractivity contribution >= 4 is 28.3 Å². The number of aryl methyl sites for hydroxylation is 1. The summed E-state index contributed by atoms with van der Waals surface area (Å²) in [5.74, 6) is 0.186. The number of benzene rings is 1. The molecule has 0 aliphatic heterocycles. The van der Waals surface area contributed by atoms with Crippen molar-refractivity contribution in [3.63, 3.8) is 0 Å². The monoisotopic (exact) mass is 385 g/mol. The number of nitrogens with zero attached hydrogens (tertiary/aromatic N) is 1. The van der Waals surface area contributed by atoms with Gasteiger partial charge in [-0.1, -0.05) is 43.0 Å². The van der Waals surface area contributed by atoms with Crippen LogP contribution < -0.4 is 10.6 Å². The number of rotatable bonds is 6. The van der Waals surface area contributed by atoms with Crippen molar-refractivity contribution in [3.05, 3.63) is 35.2 Å². The maximum atomic E-state index is 12.4. The van der Waals surface area contributed by atoms with Crippen LogP contribution in [0.5, 0.6) is 0 Å². The first-order valence-corrected chi connectivity index (χ1v) is 10.5. The van der Waals surface area contributed by atoms with E-state index in [9.17, 15) is 9.59 Å². The molecule has 0 spiro atoms. The minimum Gasteiger partial charge on any atom is -0.345 e. The van der Waals surface area contributed by atoms with Crippen LogP contribution in [0.25, 0.3) is 11.3 Å². The molecule has 3 rings (SSSR count). The maximum absolute atomic E-state index is 12.4. The number of anilines is 1. The van der Waals surface area contributed by atoms with Gasteiger partial charge in [-0.2, -0.15) is 0 Å². The Balaban J connectivity index is 1.51. The zero-order valence-electron chi connectivity index (χ0n) is 16.0. The molecule has 1 aromatic carbocycles. The van der Waals surface area contributed by atoms with Crippen molar-refractivity contribution in [1.82, 2.24) is 10.3 Å². The highest BCUT2D eigenvalue weighted by Gasteiger charge is 2.21. The molecular weight excluding hydrogens is 358 g/mol.